The first-order valence-corrected chi connectivity index (χ1v) is 6.67. The van der Waals surface area contributed by atoms with Crippen LogP contribution >= 0.6 is 23.8 Å². The highest BCUT2D eigenvalue weighted by molar-refractivity contribution is 7.71. The fraction of sp³-hybridized carbons (Fsp3) is 0.154. The van der Waals surface area contributed by atoms with Crippen molar-refractivity contribution in [2.45, 2.75) is 6.54 Å². The van der Waals surface area contributed by atoms with Crippen molar-refractivity contribution in [1.82, 2.24) is 20.1 Å². The second-order valence-corrected chi connectivity index (χ2v) is 4.87. The minimum Gasteiger partial charge on any atom is -0.345 e. The van der Waals surface area contributed by atoms with E-state index >= 15 is 0 Å². The predicted molar refractivity (Wildman–Crippen MR) is 80.7 cm³/mol. The first-order chi connectivity index (χ1) is 9.58. The summed E-state index contributed by atoms with van der Waals surface area (Å²) in [4.78, 5) is 11.7. The van der Waals surface area contributed by atoms with Crippen LogP contribution in [0.5, 0.6) is 0 Å². The third kappa shape index (κ3) is 3.55. The van der Waals surface area contributed by atoms with Crippen molar-refractivity contribution >= 4 is 35.8 Å². The van der Waals surface area contributed by atoms with Gasteiger partial charge in [0.2, 0.25) is 5.91 Å². The fourth-order valence-corrected chi connectivity index (χ4v) is 1.89. The smallest absolute Gasteiger partial charge is 0.244 e. The minimum atomic E-state index is -0.223. The Bertz CT molecular complexity index is 704. The average molecular weight is 309 g/mol. The van der Waals surface area contributed by atoms with Crippen LogP contribution in [0.3, 0.4) is 0 Å². The Labute approximate surface area is 126 Å². The molecular weight excluding hydrogens is 296 g/mol. The summed E-state index contributed by atoms with van der Waals surface area (Å²) in [5.41, 5.74) is 0.794. The van der Waals surface area contributed by atoms with Crippen LogP contribution in [0.1, 0.15) is 11.4 Å². The van der Waals surface area contributed by atoms with Gasteiger partial charge >= 0.3 is 0 Å². The molecule has 0 fully saturated rings. The van der Waals surface area contributed by atoms with E-state index in [0.29, 0.717) is 22.2 Å². The van der Waals surface area contributed by atoms with E-state index in [1.165, 1.54) is 6.08 Å². The molecule has 1 heterocycles. The quantitative estimate of drug-likeness (QED) is 0.673. The molecule has 2 aromatic rings. The molecule has 1 aromatic heterocycles. The molecule has 0 aliphatic rings. The Morgan fingerprint density at radius 2 is 2.30 bits per heavy atom. The number of aromatic nitrogens is 3. The van der Waals surface area contributed by atoms with Crippen LogP contribution < -0.4 is 5.32 Å². The average Bonchev–Trinajstić information content (AvgIpc) is 2.76. The van der Waals surface area contributed by atoms with E-state index in [4.69, 9.17) is 23.8 Å². The van der Waals surface area contributed by atoms with Crippen LogP contribution in [0.15, 0.2) is 30.3 Å². The lowest BCUT2D eigenvalue weighted by Crippen LogP contribution is -2.22. The molecule has 2 rings (SSSR count). The minimum absolute atomic E-state index is 0.223. The lowest BCUT2D eigenvalue weighted by atomic mass is 10.2. The molecule has 0 aliphatic heterocycles. The largest absolute Gasteiger partial charge is 0.345 e. The Morgan fingerprint density at radius 1 is 1.55 bits per heavy atom. The summed E-state index contributed by atoms with van der Waals surface area (Å²) in [7, 11) is 1.78. The maximum atomic E-state index is 11.7. The Morgan fingerprint density at radius 3 is 2.95 bits per heavy atom. The van der Waals surface area contributed by atoms with Crippen LogP contribution in [0, 0.1) is 4.77 Å². The number of hydrogen-bond acceptors (Lipinski definition) is 3. The van der Waals surface area contributed by atoms with Crippen LogP contribution in [-0.2, 0) is 18.4 Å². The molecular formula is C13H13ClN4OS. The van der Waals surface area contributed by atoms with Crippen LogP contribution in [-0.4, -0.2) is 20.7 Å². The topological polar surface area (TPSA) is 62.7 Å². The van der Waals surface area contributed by atoms with Gasteiger partial charge in [0.15, 0.2) is 10.6 Å². The van der Waals surface area contributed by atoms with Gasteiger partial charge in [0.1, 0.15) is 0 Å². The zero-order valence-electron chi connectivity index (χ0n) is 10.8. The summed E-state index contributed by atoms with van der Waals surface area (Å²) in [5, 5.41) is 9.99. The highest BCUT2D eigenvalue weighted by Crippen LogP contribution is 2.15. The molecule has 5 nitrogen and oxygen atoms in total. The molecule has 104 valence electrons. The number of nitrogens with one attached hydrogen (secondary N) is 2. The van der Waals surface area contributed by atoms with Gasteiger partial charge in [-0.3, -0.25) is 9.89 Å². The number of amides is 1. The summed E-state index contributed by atoms with van der Waals surface area (Å²) in [6, 6.07) is 7.30. The SMILES string of the molecule is Cn1c(CNC(=O)C=Cc2ccccc2Cl)n[nH]c1=S. The van der Waals surface area contributed by atoms with E-state index in [-0.39, 0.29) is 5.91 Å². The number of hydrogen-bond donors (Lipinski definition) is 2. The molecule has 0 radical (unpaired) electrons. The van der Waals surface area contributed by atoms with Gasteiger partial charge in [-0.1, -0.05) is 29.8 Å². The number of carbonyl (C=O) groups excluding carboxylic acids is 1. The van der Waals surface area contributed by atoms with Crippen LogP contribution in [0.4, 0.5) is 0 Å². The molecule has 0 unspecified atom stereocenters. The van der Waals surface area contributed by atoms with E-state index < -0.39 is 0 Å². The van der Waals surface area contributed by atoms with E-state index in [2.05, 4.69) is 15.5 Å². The molecule has 0 spiro atoms. The third-order valence-electron chi connectivity index (χ3n) is 2.71. The third-order valence-corrected chi connectivity index (χ3v) is 3.42. The summed E-state index contributed by atoms with van der Waals surface area (Å²) >= 11 is 11.0. The Hall–Kier alpha value is -1.92. The molecule has 0 aliphatic carbocycles. The monoisotopic (exact) mass is 308 g/mol. The number of carbonyl (C=O) groups is 1. The summed E-state index contributed by atoms with van der Waals surface area (Å²) in [6.45, 7) is 0.301. The number of rotatable bonds is 4. The Balaban J connectivity index is 1.95. The maximum absolute atomic E-state index is 11.7. The molecule has 0 atom stereocenters. The van der Waals surface area contributed by atoms with Gasteiger partial charge in [-0.05, 0) is 29.9 Å². The summed E-state index contributed by atoms with van der Waals surface area (Å²) < 4.78 is 2.22. The molecule has 0 saturated heterocycles. The van der Waals surface area contributed by atoms with Crippen molar-refractivity contribution in [3.8, 4) is 0 Å². The first kappa shape index (κ1) is 14.5. The van der Waals surface area contributed by atoms with Gasteiger partial charge in [0.25, 0.3) is 0 Å². The van der Waals surface area contributed by atoms with Crippen molar-refractivity contribution in [3.63, 3.8) is 0 Å². The van der Waals surface area contributed by atoms with Gasteiger partial charge in [-0.15, -0.1) is 0 Å². The standard InChI is InChI=1S/C13H13ClN4OS/c1-18-11(16-17-13(18)20)8-15-12(19)7-6-9-4-2-3-5-10(9)14/h2-7H,8H2,1H3,(H,15,19)(H,17,20). The fourth-order valence-electron chi connectivity index (χ4n) is 1.54. The highest BCUT2D eigenvalue weighted by atomic mass is 35.5. The van der Waals surface area contributed by atoms with Crippen molar-refractivity contribution < 1.29 is 4.79 Å². The number of H-pyrrole nitrogens is 1. The van der Waals surface area contributed by atoms with E-state index in [1.807, 2.05) is 18.2 Å². The van der Waals surface area contributed by atoms with E-state index in [9.17, 15) is 4.79 Å². The van der Waals surface area contributed by atoms with Gasteiger partial charge in [-0.2, -0.15) is 5.10 Å². The molecule has 0 saturated carbocycles. The number of nitrogens with zero attached hydrogens (tertiary/aromatic N) is 2. The first-order valence-electron chi connectivity index (χ1n) is 5.88. The molecule has 0 bridgehead atoms. The molecule has 1 amide bonds. The lowest BCUT2D eigenvalue weighted by Gasteiger charge is -2.01. The van der Waals surface area contributed by atoms with Crippen LogP contribution in [0.2, 0.25) is 5.02 Å². The zero-order valence-corrected chi connectivity index (χ0v) is 12.3. The zero-order chi connectivity index (χ0) is 14.5. The molecule has 20 heavy (non-hydrogen) atoms. The molecule has 2 N–H and O–H groups in total. The molecule has 7 heteroatoms. The van der Waals surface area contributed by atoms with Gasteiger partial charge < -0.3 is 9.88 Å². The van der Waals surface area contributed by atoms with Crippen LogP contribution in [0.25, 0.3) is 6.08 Å². The lowest BCUT2D eigenvalue weighted by molar-refractivity contribution is -0.116. The second kappa shape index (κ2) is 6.49. The maximum Gasteiger partial charge on any atom is 0.244 e. The molecule has 1 aromatic carbocycles. The van der Waals surface area contributed by atoms with Crippen molar-refractivity contribution in [2.75, 3.05) is 0 Å². The normalized spacial score (nSPS) is 10.9. The van der Waals surface area contributed by atoms with Gasteiger partial charge in [-0.25, -0.2) is 0 Å². The van der Waals surface area contributed by atoms with Crippen molar-refractivity contribution in [3.05, 3.63) is 51.5 Å². The van der Waals surface area contributed by atoms with Gasteiger partial charge in [0.05, 0.1) is 6.54 Å². The number of benzene rings is 1. The van der Waals surface area contributed by atoms with Gasteiger partial charge in [0, 0.05) is 18.1 Å². The van der Waals surface area contributed by atoms with E-state index in [1.54, 1.807) is 23.8 Å². The second-order valence-electron chi connectivity index (χ2n) is 4.08. The predicted octanol–water partition coefficient (Wildman–Crippen LogP) is 2.46. The summed E-state index contributed by atoms with van der Waals surface area (Å²) in [6.07, 6.45) is 3.10. The number of aromatic amines is 1. The van der Waals surface area contributed by atoms with Crippen molar-refractivity contribution in [2.24, 2.45) is 7.05 Å². The van der Waals surface area contributed by atoms with Crippen molar-refractivity contribution in [1.29, 1.82) is 0 Å². The van der Waals surface area contributed by atoms with E-state index in [0.717, 1.165) is 5.56 Å². The Kier molecular flexibility index (Phi) is 4.70. The highest BCUT2D eigenvalue weighted by Gasteiger charge is 2.03. The number of halogens is 1. The summed E-state index contributed by atoms with van der Waals surface area (Å²) in [5.74, 6) is 0.438.